The molecule has 0 bridgehead atoms. The summed E-state index contributed by atoms with van der Waals surface area (Å²) in [7, 11) is 0. The van der Waals surface area contributed by atoms with E-state index in [2.05, 4.69) is 15.9 Å². The van der Waals surface area contributed by atoms with Crippen molar-refractivity contribution in [1.82, 2.24) is 0 Å². The molecule has 30 valence electrons. The van der Waals surface area contributed by atoms with Gasteiger partial charge >= 0.3 is 0 Å². The lowest BCUT2D eigenvalue weighted by atomic mass is 11.2. The maximum absolute atomic E-state index is 3.15. The van der Waals surface area contributed by atoms with Crippen LogP contribution in [0.4, 0.5) is 0 Å². The number of allylic oxidation sites excluding steroid dienone is 1. The fourth-order valence-corrected chi connectivity index (χ4v) is 0. The lowest BCUT2D eigenvalue weighted by Gasteiger charge is -1.72. The van der Waals surface area contributed by atoms with Gasteiger partial charge in [0.15, 0.2) is 0 Å². The Bertz CT molecular complexity index is 41.6. The number of halogens is 1. The second kappa shape index (κ2) is 2.46. The molecule has 0 fully saturated rings. The predicted molar refractivity (Wildman–Crippen MR) is 28.4 cm³/mol. The standard InChI is InChI=1S/C4H7Br/c1-4(2)3-5/h3H,1-2H3/i1+1,2+1,4+1. The molecular weight excluding hydrogens is 131 g/mol. The molecule has 0 heterocycles. The first-order valence-electron chi connectivity index (χ1n) is 1.51. The minimum absolute atomic E-state index is 1.30. The average Bonchev–Trinajstić information content (AvgIpc) is 1.38. The lowest BCUT2D eigenvalue weighted by molar-refractivity contribution is 1.42. The van der Waals surface area contributed by atoms with E-state index in [9.17, 15) is 0 Å². The van der Waals surface area contributed by atoms with E-state index >= 15 is 0 Å². The minimum Gasteiger partial charge on any atom is -0.0695 e. The smallest absolute Gasteiger partial charge is 0.0202 e. The first-order chi connectivity index (χ1) is 2.27. The van der Waals surface area contributed by atoms with Crippen molar-refractivity contribution in [2.45, 2.75) is 13.8 Å². The van der Waals surface area contributed by atoms with Gasteiger partial charge in [-0.3, -0.25) is 0 Å². The Morgan fingerprint density at radius 3 is 1.80 bits per heavy atom. The Morgan fingerprint density at radius 2 is 1.80 bits per heavy atom. The van der Waals surface area contributed by atoms with E-state index < -0.39 is 0 Å². The Labute approximate surface area is 41.0 Å². The molecule has 0 aliphatic rings. The molecule has 0 saturated heterocycles. The van der Waals surface area contributed by atoms with Crippen molar-refractivity contribution in [3.05, 3.63) is 10.6 Å². The molecule has 0 N–H and O–H groups in total. The summed E-state index contributed by atoms with van der Waals surface area (Å²) in [6.45, 7) is 4.07. The molecule has 0 amide bonds. The highest BCUT2D eigenvalue weighted by Gasteiger charge is 1.62. The molecule has 0 spiro atoms. The largest absolute Gasteiger partial charge is 0.0695 e. The summed E-state index contributed by atoms with van der Waals surface area (Å²) in [6, 6.07) is 0. The summed E-state index contributed by atoms with van der Waals surface area (Å²) in [5.74, 6) is 0. The minimum atomic E-state index is 1.30. The summed E-state index contributed by atoms with van der Waals surface area (Å²) in [5, 5.41) is 0. The van der Waals surface area contributed by atoms with Crippen LogP contribution in [-0.2, 0) is 0 Å². The van der Waals surface area contributed by atoms with Gasteiger partial charge in [-0.2, -0.15) is 0 Å². The fourth-order valence-electron chi connectivity index (χ4n) is 0. The van der Waals surface area contributed by atoms with Crippen LogP contribution in [0.15, 0.2) is 10.6 Å². The number of hydrogen-bond acceptors (Lipinski definition) is 0. The Morgan fingerprint density at radius 1 is 1.60 bits per heavy atom. The zero-order chi connectivity index (χ0) is 4.28. The summed E-state index contributed by atoms with van der Waals surface area (Å²) >= 11 is 3.15. The molecule has 0 atom stereocenters. The van der Waals surface area contributed by atoms with E-state index in [0.717, 1.165) is 0 Å². The zero-order valence-electron chi connectivity index (χ0n) is 3.46. The van der Waals surface area contributed by atoms with Gasteiger partial charge in [-0.05, 0) is 18.8 Å². The number of hydrogen-bond donors (Lipinski definition) is 0. The summed E-state index contributed by atoms with van der Waals surface area (Å²) in [4.78, 5) is 1.90. The molecule has 1 heteroatoms. The summed E-state index contributed by atoms with van der Waals surface area (Å²) in [5.41, 5.74) is 1.30. The van der Waals surface area contributed by atoms with Crippen molar-refractivity contribution >= 4 is 15.9 Å². The predicted octanol–water partition coefficient (Wildman–Crippen LogP) is 2.31. The Hall–Kier alpha value is 0.220. The third-order valence-corrected chi connectivity index (χ3v) is 1.13. The van der Waals surface area contributed by atoms with E-state index in [1.807, 2.05) is 18.8 Å². The van der Waals surface area contributed by atoms with Crippen molar-refractivity contribution in [2.24, 2.45) is 0 Å². The molecule has 0 aromatic rings. The Kier molecular flexibility index (Phi) is 2.57. The van der Waals surface area contributed by atoms with Gasteiger partial charge in [-0.1, -0.05) is 21.5 Å². The zero-order valence-corrected chi connectivity index (χ0v) is 5.04. The van der Waals surface area contributed by atoms with Crippen LogP contribution in [0.3, 0.4) is 0 Å². The second-order valence-corrected chi connectivity index (χ2v) is 1.64. The first kappa shape index (κ1) is 5.22. The van der Waals surface area contributed by atoms with Crippen LogP contribution >= 0.6 is 15.9 Å². The topological polar surface area (TPSA) is 0 Å². The number of rotatable bonds is 0. The van der Waals surface area contributed by atoms with Crippen molar-refractivity contribution in [1.29, 1.82) is 0 Å². The third kappa shape index (κ3) is 4.22. The molecule has 0 saturated carbocycles. The van der Waals surface area contributed by atoms with Gasteiger partial charge in [0.1, 0.15) is 0 Å². The highest BCUT2D eigenvalue weighted by molar-refractivity contribution is 9.11. The maximum Gasteiger partial charge on any atom is -0.0202 e. The molecule has 0 rings (SSSR count). The lowest BCUT2D eigenvalue weighted by Crippen LogP contribution is -1.48. The van der Waals surface area contributed by atoms with Crippen LogP contribution in [0.25, 0.3) is 0 Å². The monoisotopic (exact) mass is 137 g/mol. The van der Waals surface area contributed by atoms with Crippen LogP contribution in [0.2, 0.25) is 0 Å². The summed E-state index contributed by atoms with van der Waals surface area (Å²) in [6.07, 6.45) is 0. The third-order valence-electron chi connectivity index (χ3n) is 0.218. The van der Waals surface area contributed by atoms with E-state index in [1.54, 1.807) is 0 Å². The molecule has 0 aliphatic carbocycles. The van der Waals surface area contributed by atoms with Gasteiger partial charge in [-0.15, -0.1) is 0 Å². The van der Waals surface area contributed by atoms with Crippen molar-refractivity contribution < 1.29 is 0 Å². The van der Waals surface area contributed by atoms with Gasteiger partial charge in [0, 0.05) is 0 Å². The SMILES string of the molecule is [13CH3][13C]([13CH3])=CBr. The van der Waals surface area contributed by atoms with E-state index in [-0.39, 0.29) is 0 Å². The molecule has 0 nitrogen and oxygen atoms in total. The van der Waals surface area contributed by atoms with Crippen LogP contribution < -0.4 is 0 Å². The van der Waals surface area contributed by atoms with Crippen LogP contribution in [0, 0.1) is 0 Å². The van der Waals surface area contributed by atoms with Gasteiger partial charge in [0.05, 0.1) is 0 Å². The molecule has 0 aromatic carbocycles. The van der Waals surface area contributed by atoms with E-state index in [0.29, 0.717) is 0 Å². The highest BCUT2D eigenvalue weighted by atomic mass is 79.9. The van der Waals surface area contributed by atoms with E-state index in [1.165, 1.54) is 5.57 Å². The quantitative estimate of drug-likeness (QED) is 0.450. The molecule has 0 radical (unpaired) electrons. The summed E-state index contributed by atoms with van der Waals surface area (Å²) < 4.78 is 0. The second-order valence-electron chi connectivity index (χ2n) is 1.19. The average molecular weight is 138 g/mol. The van der Waals surface area contributed by atoms with Gasteiger partial charge in [0.2, 0.25) is 0 Å². The maximum atomic E-state index is 3.15. The highest BCUT2D eigenvalue weighted by Crippen LogP contribution is 1.91. The van der Waals surface area contributed by atoms with Gasteiger partial charge < -0.3 is 0 Å². The molecular formula is C4H7Br. The van der Waals surface area contributed by atoms with Crippen LogP contribution in [0.5, 0.6) is 0 Å². The van der Waals surface area contributed by atoms with E-state index in [4.69, 9.17) is 0 Å². The molecule has 5 heavy (non-hydrogen) atoms. The normalized spacial score (nSPS) is 7.00. The van der Waals surface area contributed by atoms with Crippen molar-refractivity contribution in [2.75, 3.05) is 0 Å². The molecule has 0 aromatic heterocycles. The fraction of sp³-hybridized carbons (Fsp3) is 0.500. The Balaban J connectivity index is 3.14. The van der Waals surface area contributed by atoms with Crippen molar-refractivity contribution in [3.63, 3.8) is 0 Å². The van der Waals surface area contributed by atoms with Gasteiger partial charge in [-0.25, -0.2) is 0 Å². The van der Waals surface area contributed by atoms with Crippen molar-refractivity contribution in [3.8, 4) is 0 Å². The molecule has 0 aliphatic heterocycles. The first-order valence-corrected chi connectivity index (χ1v) is 2.42. The molecule has 0 unspecified atom stereocenters. The van der Waals surface area contributed by atoms with Gasteiger partial charge in [0.25, 0.3) is 0 Å². The van der Waals surface area contributed by atoms with Crippen LogP contribution in [-0.4, -0.2) is 0 Å². The van der Waals surface area contributed by atoms with Crippen LogP contribution in [0.1, 0.15) is 13.8 Å².